The summed E-state index contributed by atoms with van der Waals surface area (Å²) in [6, 6.07) is 13.1. The average Bonchev–Trinajstić information content (AvgIpc) is 2.87. The highest BCUT2D eigenvalue weighted by Gasteiger charge is 2.17. The van der Waals surface area contributed by atoms with Crippen LogP contribution in [-0.4, -0.2) is 9.13 Å². The van der Waals surface area contributed by atoms with Crippen LogP contribution in [0.1, 0.15) is 11.1 Å². The molecule has 0 aliphatic carbocycles. The predicted octanol–water partition coefficient (Wildman–Crippen LogP) is 4.54. The lowest BCUT2D eigenvalue weighted by Gasteiger charge is -2.15. The lowest BCUT2D eigenvalue weighted by Crippen LogP contribution is -2.13. The fraction of sp³-hybridized carbons (Fsp3) is 0.0769. The Labute approximate surface area is 192 Å². The Bertz CT molecular complexity index is 1920. The van der Waals surface area contributed by atoms with Crippen molar-refractivity contribution in [2.45, 2.75) is 0 Å². The van der Waals surface area contributed by atoms with E-state index in [1.807, 2.05) is 12.1 Å². The molecule has 5 rings (SSSR count). The Hall–Kier alpha value is -5.44. The normalized spacial score (nSPS) is 10.8. The van der Waals surface area contributed by atoms with E-state index in [0.29, 0.717) is 43.6 Å². The first-order chi connectivity index (χ1) is 16.3. The predicted molar refractivity (Wildman–Crippen MR) is 129 cm³/mol. The van der Waals surface area contributed by atoms with Crippen molar-refractivity contribution in [3.05, 3.63) is 90.8 Å². The van der Waals surface area contributed by atoms with E-state index < -0.39 is 0 Å². The summed E-state index contributed by atoms with van der Waals surface area (Å²) >= 11 is 0. The van der Waals surface area contributed by atoms with E-state index in [1.165, 1.54) is 24.3 Å². The van der Waals surface area contributed by atoms with Gasteiger partial charge in [0.25, 0.3) is 0 Å². The monoisotopic (exact) mass is 440 g/mol. The van der Waals surface area contributed by atoms with Gasteiger partial charge in [-0.1, -0.05) is 6.07 Å². The number of rotatable bonds is 0. The van der Waals surface area contributed by atoms with E-state index in [4.69, 9.17) is 13.1 Å². The highest BCUT2D eigenvalue weighted by molar-refractivity contribution is 6.05. The van der Waals surface area contributed by atoms with Gasteiger partial charge in [0.2, 0.25) is 0 Å². The number of nitriles is 2. The average molecular weight is 440 g/mol. The molecule has 0 bridgehead atoms. The number of hydrogen-bond donors (Lipinski definition) is 0. The summed E-state index contributed by atoms with van der Waals surface area (Å²) in [5.74, 6) is 0. The number of aryl methyl sites for hydroxylation is 2. The topological polar surface area (TPSA) is 100 Å². The first-order valence-electron chi connectivity index (χ1n) is 10.0. The molecule has 0 aliphatic heterocycles. The number of benzene rings is 3. The molecule has 5 aromatic rings. The maximum atomic E-state index is 13.4. The summed E-state index contributed by atoms with van der Waals surface area (Å²) in [6.07, 6.45) is 0. The van der Waals surface area contributed by atoms with Crippen LogP contribution in [-0.2, 0) is 14.1 Å². The molecule has 2 heterocycles. The summed E-state index contributed by atoms with van der Waals surface area (Å²) in [5, 5.41) is 20.1. The van der Waals surface area contributed by atoms with Gasteiger partial charge < -0.3 is 9.13 Å². The minimum absolute atomic E-state index is 0.107. The lowest BCUT2D eigenvalue weighted by atomic mass is 10.0. The van der Waals surface area contributed by atoms with Crippen molar-refractivity contribution in [3.63, 3.8) is 0 Å². The Morgan fingerprint density at radius 3 is 1.53 bits per heavy atom. The summed E-state index contributed by atoms with van der Waals surface area (Å²) in [7, 11) is 3.47. The number of nitrogens with zero attached hydrogens (tertiary/aromatic N) is 6. The SMILES string of the molecule is [C-]#[N+]c1cc2c(=O)c3cc4c(cc3n(C)c2cc1[N+]#[C-])c(=O)c1cc(C#N)c(C#N)cc1n4C. The highest BCUT2D eigenvalue weighted by atomic mass is 16.1. The summed E-state index contributed by atoms with van der Waals surface area (Å²) in [4.78, 5) is 33.6. The van der Waals surface area contributed by atoms with Crippen LogP contribution in [0.25, 0.3) is 53.3 Å². The Kier molecular flexibility index (Phi) is 4.24. The molecule has 0 aliphatic rings. The fourth-order valence-electron chi connectivity index (χ4n) is 4.48. The molecular weight excluding hydrogens is 428 g/mol. The van der Waals surface area contributed by atoms with Gasteiger partial charge in [0, 0.05) is 41.2 Å². The van der Waals surface area contributed by atoms with E-state index in [1.54, 1.807) is 35.4 Å². The molecule has 0 fully saturated rings. The first-order valence-corrected chi connectivity index (χ1v) is 10.0. The van der Waals surface area contributed by atoms with Gasteiger partial charge >= 0.3 is 0 Å². The van der Waals surface area contributed by atoms with E-state index >= 15 is 0 Å². The van der Waals surface area contributed by atoms with Crippen LogP contribution >= 0.6 is 0 Å². The standard InChI is InChI=1S/C26H12N6O2/c1-29-19-7-16-24(10-20(19)30-2)32(4)23-8-17-22(9-18(23)26(16)34)31(3)21-6-14(12-28)13(11-27)5-15(21)25(17)33/h5-10H,3-4H3. The largest absolute Gasteiger partial charge is 0.345 e. The second kappa shape index (κ2) is 7.04. The van der Waals surface area contributed by atoms with Crippen LogP contribution in [0.5, 0.6) is 0 Å². The second-order valence-corrected chi connectivity index (χ2v) is 7.88. The molecule has 8 heteroatoms. The number of fused-ring (bicyclic) bond motifs is 4. The third kappa shape index (κ3) is 2.55. The molecular formula is C26H12N6O2. The van der Waals surface area contributed by atoms with Gasteiger partial charge in [-0.15, -0.1) is 0 Å². The number of aromatic nitrogens is 2. The molecule has 0 atom stereocenters. The summed E-state index contributed by atoms with van der Waals surface area (Å²) in [5.41, 5.74) is 1.87. The molecule has 3 aromatic carbocycles. The molecule has 158 valence electrons. The van der Waals surface area contributed by atoms with E-state index in [-0.39, 0.29) is 33.4 Å². The Morgan fingerprint density at radius 2 is 1.03 bits per heavy atom. The molecule has 34 heavy (non-hydrogen) atoms. The fourth-order valence-corrected chi connectivity index (χ4v) is 4.48. The zero-order chi connectivity index (χ0) is 24.3. The van der Waals surface area contributed by atoms with Crippen molar-refractivity contribution in [2.24, 2.45) is 14.1 Å². The molecule has 0 unspecified atom stereocenters. The molecule has 0 N–H and O–H groups in total. The molecule has 0 amide bonds. The van der Waals surface area contributed by atoms with Crippen LogP contribution in [0.15, 0.2) is 46.0 Å². The van der Waals surface area contributed by atoms with Crippen LogP contribution < -0.4 is 10.9 Å². The first kappa shape index (κ1) is 20.5. The molecule has 8 nitrogen and oxygen atoms in total. The van der Waals surface area contributed by atoms with Crippen molar-refractivity contribution in [1.29, 1.82) is 10.5 Å². The number of pyridine rings is 2. The van der Waals surface area contributed by atoms with Crippen LogP contribution in [0.2, 0.25) is 0 Å². The summed E-state index contributed by atoms with van der Waals surface area (Å²) in [6.45, 7) is 14.7. The van der Waals surface area contributed by atoms with Gasteiger partial charge in [-0.05, 0) is 30.3 Å². The van der Waals surface area contributed by atoms with Gasteiger partial charge in [-0.3, -0.25) is 19.3 Å². The number of hydrogen-bond acceptors (Lipinski definition) is 4. The van der Waals surface area contributed by atoms with Crippen LogP contribution in [0, 0.1) is 35.8 Å². The van der Waals surface area contributed by atoms with Crippen LogP contribution in [0.3, 0.4) is 0 Å². The second-order valence-electron chi connectivity index (χ2n) is 7.88. The van der Waals surface area contributed by atoms with Crippen molar-refractivity contribution >= 4 is 55.0 Å². The molecule has 0 saturated heterocycles. The van der Waals surface area contributed by atoms with Gasteiger partial charge in [0.05, 0.1) is 40.8 Å². The van der Waals surface area contributed by atoms with Crippen molar-refractivity contribution in [1.82, 2.24) is 9.13 Å². The molecule has 2 aromatic heterocycles. The summed E-state index contributed by atoms with van der Waals surface area (Å²) < 4.78 is 3.46. The van der Waals surface area contributed by atoms with Crippen molar-refractivity contribution in [2.75, 3.05) is 0 Å². The van der Waals surface area contributed by atoms with Gasteiger partial charge in [0.1, 0.15) is 12.1 Å². The maximum absolute atomic E-state index is 13.4. The third-order valence-corrected chi connectivity index (χ3v) is 6.25. The third-order valence-electron chi connectivity index (χ3n) is 6.25. The lowest BCUT2D eigenvalue weighted by molar-refractivity contribution is 0.993. The van der Waals surface area contributed by atoms with Crippen LogP contribution in [0.4, 0.5) is 11.4 Å². The van der Waals surface area contributed by atoms with E-state index in [2.05, 4.69) is 9.69 Å². The molecule has 0 spiro atoms. The van der Waals surface area contributed by atoms with Crippen molar-refractivity contribution in [3.8, 4) is 12.1 Å². The van der Waals surface area contributed by atoms with Gasteiger partial charge in [-0.25, -0.2) is 0 Å². The molecule has 0 radical (unpaired) electrons. The maximum Gasteiger partial charge on any atom is 0.197 e. The highest BCUT2D eigenvalue weighted by Crippen LogP contribution is 2.34. The van der Waals surface area contributed by atoms with Gasteiger partial charge in [-0.2, -0.15) is 10.5 Å². The van der Waals surface area contributed by atoms with Crippen molar-refractivity contribution < 1.29 is 0 Å². The quantitative estimate of drug-likeness (QED) is 0.261. The van der Waals surface area contributed by atoms with Gasteiger partial charge in [0.15, 0.2) is 22.2 Å². The zero-order valence-corrected chi connectivity index (χ0v) is 18.0. The Morgan fingerprint density at radius 1 is 0.647 bits per heavy atom. The van der Waals surface area contributed by atoms with E-state index in [9.17, 15) is 20.1 Å². The molecule has 0 saturated carbocycles. The van der Waals surface area contributed by atoms with E-state index in [0.717, 1.165) is 0 Å². The minimum Gasteiger partial charge on any atom is -0.345 e. The zero-order valence-electron chi connectivity index (χ0n) is 18.0. The minimum atomic E-state index is -0.316. The smallest absolute Gasteiger partial charge is 0.197 e. The Balaban J connectivity index is 2.04.